The van der Waals surface area contributed by atoms with Crippen molar-refractivity contribution in [2.24, 2.45) is 0 Å². The van der Waals surface area contributed by atoms with Gasteiger partial charge in [-0.25, -0.2) is 0 Å². The quantitative estimate of drug-likeness (QED) is 0.368. The molecule has 0 saturated heterocycles. The zero-order valence-electron chi connectivity index (χ0n) is 16.2. The molecule has 5 nitrogen and oxygen atoms in total. The molecule has 0 fully saturated rings. The van der Waals surface area contributed by atoms with E-state index in [1.165, 1.54) is 22.7 Å². The van der Waals surface area contributed by atoms with Crippen LogP contribution in [0.4, 0.5) is 11.5 Å². The first-order valence-electron chi connectivity index (χ1n) is 9.49. The van der Waals surface area contributed by atoms with Gasteiger partial charge in [0.15, 0.2) is 5.82 Å². The highest BCUT2D eigenvalue weighted by Gasteiger charge is 2.13. The van der Waals surface area contributed by atoms with Crippen molar-refractivity contribution in [3.63, 3.8) is 0 Å². The van der Waals surface area contributed by atoms with E-state index in [1.807, 2.05) is 24.3 Å². The summed E-state index contributed by atoms with van der Waals surface area (Å²) in [5.41, 5.74) is 4.34. The van der Waals surface area contributed by atoms with Crippen LogP contribution < -0.4 is 15.4 Å². The Morgan fingerprint density at radius 1 is 1.03 bits per heavy atom. The second kappa shape index (κ2) is 9.05. The van der Waals surface area contributed by atoms with Crippen LogP contribution >= 0.6 is 11.5 Å². The summed E-state index contributed by atoms with van der Waals surface area (Å²) in [6.45, 7) is 1.37. The molecule has 6 heteroatoms. The fourth-order valence-corrected chi connectivity index (χ4v) is 4.16. The zero-order valence-corrected chi connectivity index (χ0v) is 17.0. The van der Waals surface area contributed by atoms with E-state index < -0.39 is 0 Å². The number of aromatic nitrogens is 1. The number of aliphatic hydroxyl groups is 1. The predicted molar refractivity (Wildman–Crippen MR) is 120 cm³/mol. The number of aliphatic hydroxyl groups excluding tert-OH is 1. The molecule has 0 aliphatic heterocycles. The largest absolute Gasteiger partial charge is 0.495 e. The summed E-state index contributed by atoms with van der Waals surface area (Å²) in [4.78, 5) is 0. The van der Waals surface area contributed by atoms with Gasteiger partial charge in [0.1, 0.15) is 5.75 Å². The molecule has 0 aliphatic carbocycles. The summed E-state index contributed by atoms with van der Waals surface area (Å²) in [7, 11) is 1.66. The predicted octanol–water partition coefficient (Wildman–Crippen LogP) is 4.80. The molecule has 1 heterocycles. The van der Waals surface area contributed by atoms with Crippen molar-refractivity contribution in [1.82, 2.24) is 9.69 Å². The lowest BCUT2D eigenvalue weighted by atomic mass is 10.0. The highest BCUT2D eigenvalue weighted by atomic mass is 32.1. The third-order valence-corrected chi connectivity index (χ3v) is 5.62. The van der Waals surface area contributed by atoms with E-state index in [9.17, 15) is 0 Å². The molecule has 4 rings (SSSR count). The number of nitrogens with one attached hydrogen (secondary N) is 2. The number of benzene rings is 3. The Morgan fingerprint density at radius 3 is 2.69 bits per heavy atom. The standard InChI is InChI=1S/C23H23N3O2S/c1-28-21-14-16(15-24-12-13-27)10-11-20(21)25-23-19-9-5-8-18(22(19)29-26-23)17-6-3-2-4-7-17/h2-11,14,24,27H,12-13,15H2,1H3,(H,25,26). The Bertz CT molecular complexity index is 1100. The average molecular weight is 406 g/mol. The molecule has 0 unspecified atom stereocenters. The molecule has 29 heavy (non-hydrogen) atoms. The Morgan fingerprint density at radius 2 is 1.90 bits per heavy atom. The molecule has 4 aromatic rings. The number of hydrogen-bond donors (Lipinski definition) is 3. The van der Waals surface area contributed by atoms with Crippen LogP contribution in [-0.2, 0) is 6.54 Å². The van der Waals surface area contributed by atoms with Crippen LogP contribution in [0.25, 0.3) is 21.2 Å². The second-order valence-electron chi connectivity index (χ2n) is 6.64. The molecule has 0 spiro atoms. The van der Waals surface area contributed by atoms with E-state index in [1.54, 1.807) is 7.11 Å². The van der Waals surface area contributed by atoms with Gasteiger partial charge in [0.05, 0.1) is 24.1 Å². The topological polar surface area (TPSA) is 66.4 Å². The van der Waals surface area contributed by atoms with E-state index in [2.05, 4.69) is 57.5 Å². The molecule has 3 aromatic carbocycles. The number of rotatable bonds is 8. The first kappa shape index (κ1) is 19.4. The van der Waals surface area contributed by atoms with Crippen molar-refractivity contribution in [1.29, 1.82) is 0 Å². The summed E-state index contributed by atoms with van der Waals surface area (Å²) in [5.74, 6) is 1.58. The maximum atomic E-state index is 8.91. The molecule has 3 N–H and O–H groups in total. The number of methoxy groups -OCH3 is 1. The van der Waals surface area contributed by atoms with E-state index in [-0.39, 0.29) is 6.61 Å². The lowest BCUT2D eigenvalue weighted by molar-refractivity contribution is 0.292. The maximum Gasteiger partial charge on any atom is 0.152 e. The van der Waals surface area contributed by atoms with Gasteiger partial charge in [-0.2, -0.15) is 4.37 Å². The number of nitrogens with zero attached hydrogens (tertiary/aromatic N) is 1. The third kappa shape index (κ3) is 4.24. The fraction of sp³-hybridized carbons (Fsp3) is 0.174. The number of hydrogen-bond acceptors (Lipinski definition) is 6. The Balaban J connectivity index is 1.63. The van der Waals surface area contributed by atoms with Gasteiger partial charge >= 0.3 is 0 Å². The minimum Gasteiger partial charge on any atom is -0.495 e. The van der Waals surface area contributed by atoms with Gasteiger partial charge < -0.3 is 20.5 Å². The Hall–Kier alpha value is -2.93. The van der Waals surface area contributed by atoms with Crippen molar-refractivity contribution >= 4 is 33.1 Å². The minimum atomic E-state index is 0.124. The van der Waals surface area contributed by atoms with Gasteiger partial charge in [-0.1, -0.05) is 48.5 Å². The smallest absolute Gasteiger partial charge is 0.152 e. The van der Waals surface area contributed by atoms with E-state index in [0.29, 0.717) is 13.1 Å². The van der Waals surface area contributed by atoms with Crippen LogP contribution in [0.3, 0.4) is 0 Å². The highest BCUT2D eigenvalue weighted by Crippen LogP contribution is 2.38. The normalized spacial score (nSPS) is 11.0. The molecular weight excluding hydrogens is 382 g/mol. The van der Waals surface area contributed by atoms with Crippen LogP contribution in [0.1, 0.15) is 5.56 Å². The van der Waals surface area contributed by atoms with Gasteiger partial charge in [-0.05, 0) is 40.9 Å². The fourth-order valence-electron chi connectivity index (χ4n) is 3.29. The summed E-state index contributed by atoms with van der Waals surface area (Å²) in [6.07, 6.45) is 0. The van der Waals surface area contributed by atoms with Gasteiger partial charge in [-0.3, -0.25) is 0 Å². The number of fused-ring (bicyclic) bond motifs is 1. The van der Waals surface area contributed by atoms with Crippen molar-refractivity contribution in [2.45, 2.75) is 6.54 Å². The summed E-state index contributed by atoms with van der Waals surface area (Å²) in [6, 6.07) is 22.7. The van der Waals surface area contributed by atoms with Crippen LogP contribution in [-0.4, -0.2) is 29.7 Å². The Labute approximate surface area is 174 Å². The van der Waals surface area contributed by atoms with Gasteiger partial charge in [-0.15, -0.1) is 0 Å². The monoisotopic (exact) mass is 405 g/mol. The molecule has 0 bridgehead atoms. The first-order valence-corrected chi connectivity index (χ1v) is 10.3. The van der Waals surface area contributed by atoms with Crippen LogP contribution in [0, 0.1) is 0 Å². The summed E-state index contributed by atoms with van der Waals surface area (Å²) >= 11 is 1.50. The minimum absolute atomic E-state index is 0.124. The van der Waals surface area contributed by atoms with Gasteiger partial charge in [0.2, 0.25) is 0 Å². The lowest BCUT2D eigenvalue weighted by Crippen LogP contribution is -2.17. The van der Waals surface area contributed by atoms with Crippen molar-refractivity contribution in [3.8, 4) is 16.9 Å². The van der Waals surface area contributed by atoms with Gasteiger partial charge in [0, 0.05) is 24.0 Å². The van der Waals surface area contributed by atoms with Crippen LogP contribution in [0.2, 0.25) is 0 Å². The summed E-state index contributed by atoms with van der Waals surface area (Å²) in [5, 5.41) is 16.6. The molecule has 0 aliphatic rings. The van der Waals surface area contributed by atoms with E-state index >= 15 is 0 Å². The first-order chi connectivity index (χ1) is 14.3. The average Bonchev–Trinajstić information content (AvgIpc) is 3.18. The summed E-state index contributed by atoms with van der Waals surface area (Å²) < 4.78 is 11.4. The highest BCUT2D eigenvalue weighted by molar-refractivity contribution is 7.14. The molecule has 148 valence electrons. The molecule has 1 aromatic heterocycles. The van der Waals surface area contributed by atoms with Crippen LogP contribution in [0.15, 0.2) is 66.7 Å². The molecular formula is C23H23N3O2S. The van der Waals surface area contributed by atoms with E-state index in [4.69, 9.17) is 9.84 Å². The van der Waals surface area contributed by atoms with Crippen molar-refractivity contribution < 1.29 is 9.84 Å². The van der Waals surface area contributed by atoms with Crippen molar-refractivity contribution in [2.75, 3.05) is 25.6 Å². The zero-order chi connectivity index (χ0) is 20.1. The Kier molecular flexibility index (Phi) is 6.05. The third-order valence-electron chi connectivity index (χ3n) is 4.72. The van der Waals surface area contributed by atoms with Crippen LogP contribution in [0.5, 0.6) is 5.75 Å². The molecule has 0 radical (unpaired) electrons. The second-order valence-corrected chi connectivity index (χ2v) is 7.41. The molecule has 0 atom stereocenters. The number of ether oxygens (including phenoxy) is 1. The molecule has 0 amide bonds. The van der Waals surface area contributed by atoms with Gasteiger partial charge in [0.25, 0.3) is 0 Å². The maximum absolute atomic E-state index is 8.91. The van der Waals surface area contributed by atoms with Crippen molar-refractivity contribution in [3.05, 3.63) is 72.3 Å². The molecule has 0 saturated carbocycles. The lowest BCUT2D eigenvalue weighted by Gasteiger charge is -2.12. The SMILES string of the molecule is COc1cc(CNCCO)ccc1Nc1nsc2c(-c3ccccc3)cccc12. The number of anilines is 2. The van der Waals surface area contributed by atoms with E-state index in [0.717, 1.165) is 32.9 Å².